The van der Waals surface area contributed by atoms with E-state index in [1.807, 2.05) is 12.1 Å². The number of hydrogen-bond donors (Lipinski definition) is 0. The van der Waals surface area contributed by atoms with Crippen molar-refractivity contribution in [2.45, 2.75) is 84.5 Å². The number of nitrogens with zero attached hydrogens (tertiary/aromatic N) is 1. The van der Waals surface area contributed by atoms with Crippen LogP contribution in [0.3, 0.4) is 0 Å². The van der Waals surface area contributed by atoms with Gasteiger partial charge in [0.15, 0.2) is 0 Å². The first kappa shape index (κ1) is 23.0. The Hall–Kier alpha value is -2.27. The average molecular weight is 392 g/mol. The number of rotatable bonds is 13. The van der Waals surface area contributed by atoms with Crippen molar-refractivity contribution in [3.63, 3.8) is 0 Å². The summed E-state index contributed by atoms with van der Waals surface area (Å²) in [7, 11) is 0. The summed E-state index contributed by atoms with van der Waals surface area (Å²) >= 11 is 0. The minimum atomic E-state index is 0.765. The van der Waals surface area contributed by atoms with Crippen LogP contribution in [-0.4, -0.2) is 11.6 Å². The molecule has 0 unspecified atom stereocenters. The van der Waals surface area contributed by atoms with Gasteiger partial charge in [-0.15, -0.1) is 0 Å². The van der Waals surface area contributed by atoms with Crippen LogP contribution in [0.25, 0.3) is 0 Å². The van der Waals surface area contributed by atoms with E-state index >= 15 is 0 Å². The Kier molecular flexibility index (Phi) is 11.7. The van der Waals surface area contributed by atoms with Crippen LogP contribution in [0.5, 0.6) is 5.75 Å². The van der Waals surface area contributed by atoms with Gasteiger partial charge in [0.1, 0.15) is 11.4 Å². The van der Waals surface area contributed by atoms with Gasteiger partial charge in [0.2, 0.25) is 0 Å². The second-order valence-corrected chi connectivity index (χ2v) is 7.75. The van der Waals surface area contributed by atoms with Gasteiger partial charge >= 0.3 is 0 Å². The summed E-state index contributed by atoms with van der Waals surface area (Å²) in [5.41, 5.74) is 3.22. The van der Waals surface area contributed by atoms with Crippen LogP contribution in [0.15, 0.2) is 42.6 Å². The van der Waals surface area contributed by atoms with E-state index < -0.39 is 0 Å². The van der Waals surface area contributed by atoms with Crippen molar-refractivity contribution >= 4 is 0 Å². The second kappa shape index (κ2) is 14.7. The van der Waals surface area contributed by atoms with Crippen molar-refractivity contribution in [1.82, 2.24) is 4.98 Å². The molecule has 0 aliphatic rings. The molecule has 29 heavy (non-hydrogen) atoms. The van der Waals surface area contributed by atoms with E-state index in [2.05, 4.69) is 54.9 Å². The van der Waals surface area contributed by atoms with Crippen LogP contribution < -0.4 is 4.74 Å². The molecule has 2 nitrogen and oxygen atoms in total. The molecule has 0 aliphatic carbocycles. The minimum Gasteiger partial charge on any atom is -0.492 e. The lowest BCUT2D eigenvalue weighted by Crippen LogP contribution is -1.98. The third-order valence-corrected chi connectivity index (χ3v) is 5.11. The highest BCUT2D eigenvalue weighted by Gasteiger charge is 1.97. The topological polar surface area (TPSA) is 22.1 Å². The summed E-state index contributed by atoms with van der Waals surface area (Å²) in [6, 6.07) is 12.5. The van der Waals surface area contributed by atoms with Crippen LogP contribution in [-0.2, 0) is 6.42 Å². The van der Waals surface area contributed by atoms with E-state index in [0.717, 1.165) is 30.0 Å². The Bertz CT molecular complexity index is 722. The maximum absolute atomic E-state index is 5.76. The van der Waals surface area contributed by atoms with E-state index in [4.69, 9.17) is 4.74 Å². The van der Waals surface area contributed by atoms with Crippen molar-refractivity contribution in [2.75, 3.05) is 6.61 Å². The largest absolute Gasteiger partial charge is 0.492 e. The molecule has 0 amide bonds. The van der Waals surface area contributed by atoms with Crippen molar-refractivity contribution in [1.29, 1.82) is 0 Å². The van der Waals surface area contributed by atoms with Crippen LogP contribution in [0.1, 0.15) is 94.9 Å². The lowest BCUT2D eigenvalue weighted by atomic mass is 10.0. The molecule has 2 rings (SSSR count). The number of aromatic nitrogens is 1. The highest BCUT2D eigenvalue weighted by molar-refractivity contribution is 5.41. The molecule has 1 aromatic heterocycles. The Morgan fingerprint density at radius 1 is 0.724 bits per heavy atom. The predicted octanol–water partition coefficient (Wildman–Crippen LogP) is 7.34. The fourth-order valence-corrected chi connectivity index (χ4v) is 3.26. The lowest BCUT2D eigenvalue weighted by Gasteiger charge is -2.05. The Balaban J connectivity index is 1.73. The molecule has 1 aromatic carbocycles. The number of unbranched alkanes of at least 4 members (excludes halogenated alkanes) is 8. The summed E-state index contributed by atoms with van der Waals surface area (Å²) < 4.78 is 5.76. The van der Waals surface area contributed by atoms with Crippen LogP contribution in [0.4, 0.5) is 0 Å². The monoisotopic (exact) mass is 391 g/mol. The minimum absolute atomic E-state index is 0.765. The predicted molar refractivity (Wildman–Crippen MR) is 123 cm³/mol. The summed E-state index contributed by atoms with van der Waals surface area (Å²) in [5, 5.41) is 0. The van der Waals surface area contributed by atoms with E-state index in [0.29, 0.717) is 0 Å². The Morgan fingerprint density at radius 2 is 1.41 bits per heavy atom. The molecule has 0 N–H and O–H groups in total. The van der Waals surface area contributed by atoms with Crippen LogP contribution in [0, 0.1) is 11.8 Å². The molecule has 156 valence electrons. The molecule has 0 saturated heterocycles. The number of benzene rings is 1. The summed E-state index contributed by atoms with van der Waals surface area (Å²) in [6.45, 7) is 5.26. The lowest BCUT2D eigenvalue weighted by molar-refractivity contribution is 0.303. The number of ether oxygens (including phenoxy) is 1. The molecular weight excluding hydrogens is 354 g/mol. The molecule has 0 spiro atoms. The molecule has 0 aliphatic heterocycles. The summed E-state index contributed by atoms with van der Waals surface area (Å²) in [4.78, 5) is 4.41. The van der Waals surface area contributed by atoms with Crippen LogP contribution >= 0.6 is 0 Å². The average Bonchev–Trinajstić information content (AvgIpc) is 2.76. The third kappa shape index (κ3) is 10.2. The van der Waals surface area contributed by atoms with Gasteiger partial charge in [0.25, 0.3) is 0 Å². The fourth-order valence-electron chi connectivity index (χ4n) is 3.26. The molecule has 0 radical (unpaired) electrons. The normalized spacial score (nSPS) is 10.4. The van der Waals surface area contributed by atoms with Gasteiger partial charge in [-0.2, -0.15) is 0 Å². The zero-order valence-corrected chi connectivity index (χ0v) is 18.4. The van der Waals surface area contributed by atoms with Gasteiger partial charge in [-0.3, -0.25) is 0 Å². The first-order chi connectivity index (χ1) is 14.3. The standard InChI is InChI=1S/C27H37NO/c1-3-5-7-9-11-13-24-14-16-25(17-15-24)18-19-26-20-21-27(23-28-26)29-22-12-10-8-6-4-2/h14-17,20-21,23H,3-13,22H2,1-2H3. The highest BCUT2D eigenvalue weighted by Crippen LogP contribution is 2.12. The van der Waals surface area contributed by atoms with E-state index in [9.17, 15) is 0 Å². The molecule has 0 saturated carbocycles. The Morgan fingerprint density at radius 3 is 2.07 bits per heavy atom. The zero-order valence-electron chi connectivity index (χ0n) is 18.4. The SMILES string of the molecule is CCCCCCCOc1ccc(C#Cc2ccc(CCCCCCC)cc2)nc1. The smallest absolute Gasteiger partial charge is 0.137 e. The van der Waals surface area contributed by atoms with Gasteiger partial charge < -0.3 is 4.74 Å². The molecular formula is C27H37NO. The summed E-state index contributed by atoms with van der Waals surface area (Å²) in [6.07, 6.45) is 15.8. The molecule has 2 aromatic rings. The third-order valence-electron chi connectivity index (χ3n) is 5.11. The van der Waals surface area contributed by atoms with Gasteiger partial charge in [0.05, 0.1) is 12.8 Å². The molecule has 1 heterocycles. The molecule has 2 heteroatoms. The molecule has 0 fully saturated rings. The molecule has 0 bridgehead atoms. The molecule has 0 atom stereocenters. The zero-order chi connectivity index (χ0) is 20.6. The van der Waals surface area contributed by atoms with Gasteiger partial charge in [0, 0.05) is 5.56 Å². The van der Waals surface area contributed by atoms with Gasteiger partial charge in [-0.1, -0.05) is 83.3 Å². The number of hydrogen-bond acceptors (Lipinski definition) is 2. The van der Waals surface area contributed by atoms with Crippen molar-refractivity contribution in [2.24, 2.45) is 0 Å². The number of pyridine rings is 1. The number of aryl methyl sites for hydroxylation is 1. The summed E-state index contributed by atoms with van der Waals surface area (Å²) in [5.74, 6) is 7.19. The van der Waals surface area contributed by atoms with Crippen LogP contribution in [0.2, 0.25) is 0 Å². The van der Waals surface area contributed by atoms with Crippen molar-refractivity contribution in [3.8, 4) is 17.6 Å². The van der Waals surface area contributed by atoms with Crippen molar-refractivity contribution in [3.05, 3.63) is 59.4 Å². The van der Waals surface area contributed by atoms with Gasteiger partial charge in [-0.25, -0.2) is 4.98 Å². The van der Waals surface area contributed by atoms with E-state index in [1.54, 1.807) is 6.20 Å². The van der Waals surface area contributed by atoms with E-state index in [1.165, 1.54) is 69.8 Å². The maximum Gasteiger partial charge on any atom is 0.137 e. The Labute approximate surface area is 178 Å². The maximum atomic E-state index is 5.76. The van der Waals surface area contributed by atoms with Crippen molar-refractivity contribution < 1.29 is 4.74 Å². The van der Waals surface area contributed by atoms with E-state index in [-0.39, 0.29) is 0 Å². The first-order valence-corrected chi connectivity index (χ1v) is 11.5. The van der Waals surface area contributed by atoms with Gasteiger partial charge in [-0.05, 0) is 55.0 Å². The quantitative estimate of drug-likeness (QED) is 0.263. The fraction of sp³-hybridized carbons (Fsp3) is 0.519. The second-order valence-electron chi connectivity index (χ2n) is 7.75. The first-order valence-electron chi connectivity index (χ1n) is 11.5. The highest BCUT2D eigenvalue weighted by atomic mass is 16.5.